The lowest BCUT2D eigenvalue weighted by Crippen LogP contribution is -2.30. The molecular weight excluding hydrogens is 325 g/mol. The van der Waals surface area contributed by atoms with E-state index in [0.29, 0.717) is 18.9 Å². The zero-order valence-electron chi connectivity index (χ0n) is 13.9. The van der Waals surface area contributed by atoms with Gasteiger partial charge in [0.25, 0.3) is 0 Å². The molecule has 0 radical (unpaired) electrons. The minimum absolute atomic E-state index is 0.0294. The number of halogens is 1. The topological polar surface area (TPSA) is 38.3 Å². The van der Waals surface area contributed by atoms with Crippen LogP contribution in [0.2, 0.25) is 0 Å². The molecule has 0 bridgehead atoms. The molecule has 3 nitrogen and oxygen atoms in total. The maximum absolute atomic E-state index is 12.9. The molecule has 128 valence electrons. The Bertz CT molecular complexity index is 661. The van der Waals surface area contributed by atoms with E-state index < -0.39 is 0 Å². The molecule has 1 atom stereocenters. The van der Waals surface area contributed by atoms with Gasteiger partial charge >= 0.3 is 0 Å². The molecule has 0 saturated carbocycles. The molecule has 0 spiro atoms. The molecule has 2 aromatic rings. The highest BCUT2D eigenvalue weighted by atomic mass is 32.2. The van der Waals surface area contributed by atoms with Crippen LogP contribution in [0.5, 0.6) is 5.75 Å². The van der Waals surface area contributed by atoms with Crippen LogP contribution in [-0.4, -0.2) is 17.8 Å². The summed E-state index contributed by atoms with van der Waals surface area (Å²) >= 11 is 1.56. The summed E-state index contributed by atoms with van der Waals surface area (Å²) in [7, 11) is 0. The van der Waals surface area contributed by atoms with Crippen LogP contribution in [0.15, 0.2) is 48.5 Å². The number of benzene rings is 2. The van der Waals surface area contributed by atoms with E-state index >= 15 is 0 Å². The molecule has 2 aromatic carbocycles. The van der Waals surface area contributed by atoms with E-state index in [9.17, 15) is 9.18 Å². The molecule has 0 aliphatic heterocycles. The van der Waals surface area contributed by atoms with Gasteiger partial charge in [0.1, 0.15) is 11.6 Å². The number of thioether (sulfide) groups is 1. The molecule has 1 amide bonds. The first-order valence-corrected chi connectivity index (χ1v) is 8.99. The molecule has 0 heterocycles. The number of hydrogen-bond donors (Lipinski definition) is 1. The van der Waals surface area contributed by atoms with Crippen LogP contribution in [0, 0.1) is 5.82 Å². The molecule has 24 heavy (non-hydrogen) atoms. The average Bonchev–Trinajstić information content (AvgIpc) is 2.60. The van der Waals surface area contributed by atoms with Gasteiger partial charge in [-0.2, -0.15) is 0 Å². The van der Waals surface area contributed by atoms with E-state index in [0.717, 1.165) is 16.9 Å². The highest BCUT2D eigenvalue weighted by Gasteiger charge is 2.14. The standard InChI is InChI=1S/C19H22FNO2S/c1-3-23-18-7-5-4-6-16(18)13-24-14(2)19(22)21-12-15-8-10-17(20)11-9-15/h4-11,14H,3,12-13H2,1-2H3,(H,21,22). The van der Waals surface area contributed by atoms with Gasteiger partial charge in [-0.15, -0.1) is 11.8 Å². The van der Waals surface area contributed by atoms with Crippen molar-refractivity contribution in [3.63, 3.8) is 0 Å². The quantitative estimate of drug-likeness (QED) is 0.779. The lowest BCUT2D eigenvalue weighted by molar-refractivity contribution is -0.120. The average molecular weight is 347 g/mol. The van der Waals surface area contributed by atoms with E-state index in [1.165, 1.54) is 12.1 Å². The Hall–Kier alpha value is -2.01. The van der Waals surface area contributed by atoms with E-state index in [2.05, 4.69) is 5.32 Å². The Morgan fingerprint density at radius 3 is 2.62 bits per heavy atom. The number of ether oxygens (including phenoxy) is 1. The predicted octanol–water partition coefficient (Wildman–Crippen LogP) is 4.16. The summed E-state index contributed by atoms with van der Waals surface area (Å²) in [4.78, 5) is 12.2. The second-order valence-electron chi connectivity index (χ2n) is 5.34. The highest BCUT2D eigenvalue weighted by Crippen LogP contribution is 2.25. The third-order valence-electron chi connectivity index (χ3n) is 3.51. The smallest absolute Gasteiger partial charge is 0.233 e. The monoisotopic (exact) mass is 347 g/mol. The largest absolute Gasteiger partial charge is 0.494 e. The van der Waals surface area contributed by atoms with Crippen molar-refractivity contribution < 1.29 is 13.9 Å². The van der Waals surface area contributed by atoms with Crippen molar-refractivity contribution in [2.45, 2.75) is 31.4 Å². The van der Waals surface area contributed by atoms with Crippen LogP contribution in [0.25, 0.3) is 0 Å². The zero-order valence-corrected chi connectivity index (χ0v) is 14.7. The van der Waals surface area contributed by atoms with Crippen LogP contribution < -0.4 is 10.1 Å². The summed E-state index contributed by atoms with van der Waals surface area (Å²) in [5.41, 5.74) is 1.96. The fraction of sp³-hybridized carbons (Fsp3) is 0.316. The maximum atomic E-state index is 12.9. The third-order valence-corrected chi connectivity index (χ3v) is 4.70. The van der Waals surface area contributed by atoms with E-state index in [-0.39, 0.29) is 17.0 Å². The van der Waals surface area contributed by atoms with Gasteiger partial charge < -0.3 is 10.1 Å². The first kappa shape index (κ1) is 18.3. The van der Waals surface area contributed by atoms with Crippen molar-refractivity contribution in [3.05, 3.63) is 65.5 Å². The van der Waals surface area contributed by atoms with E-state index in [1.54, 1.807) is 23.9 Å². The number of hydrogen-bond acceptors (Lipinski definition) is 3. The first-order valence-electron chi connectivity index (χ1n) is 7.94. The Morgan fingerprint density at radius 2 is 1.92 bits per heavy atom. The third kappa shape index (κ3) is 5.57. The summed E-state index contributed by atoms with van der Waals surface area (Å²) in [6.07, 6.45) is 0. The van der Waals surface area contributed by atoms with Crippen molar-refractivity contribution in [2.75, 3.05) is 6.61 Å². The highest BCUT2D eigenvalue weighted by molar-refractivity contribution is 7.99. The van der Waals surface area contributed by atoms with E-state index in [1.807, 2.05) is 38.1 Å². The first-order chi connectivity index (χ1) is 11.6. The number of nitrogens with one attached hydrogen (secondary N) is 1. The summed E-state index contributed by atoms with van der Waals surface area (Å²) in [6.45, 7) is 4.86. The second-order valence-corrected chi connectivity index (χ2v) is 6.67. The van der Waals surface area contributed by atoms with Crippen molar-refractivity contribution in [2.24, 2.45) is 0 Å². The van der Waals surface area contributed by atoms with Crippen molar-refractivity contribution >= 4 is 17.7 Å². The molecule has 0 fully saturated rings. The lowest BCUT2D eigenvalue weighted by Gasteiger charge is -2.14. The van der Waals surface area contributed by atoms with Gasteiger partial charge in [-0.25, -0.2) is 4.39 Å². The number of amides is 1. The molecule has 5 heteroatoms. The zero-order chi connectivity index (χ0) is 17.4. The van der Waals surface area contributed by atoms with E-state index in [4.69, 9.17) is 4.74 Å². The van der Waals surface area contributed by atoms with Crippen LogP contribution in [0.3, 0.4) is 0 Å². The van der Waals surface area contributed by atoms with Gasteiger partial charge in [-0.3, -0.25) is 4.79 Å². The fourth-order valence-corrected chi connectivity index (χ4v) is 3.05. The fourth-order valence-electron chi connectivity index (χ4n) is 2.15. The Labute approximate surface area is 146 Å². The van der Waals surface area contributed by atoms with Crippen molar-refractivity contribution in [1.29, 1.82) is 0 Å². The molecule has 2 rings (SSSR count). The molecular formula is C19H22FNO2S. The summed E-state index contributed by atoms with van der Waals surface area (Å²) in [6, 6.07) is 14.0. The Balaban J connectivity index is 1.82. The van der Waals surface area contributed by atoms with Gasteiger partial charge in [0.05, 0.1) is 11.9 Å². The minimum atomic E-state index is -0.276. The SMILES string of the molecule is CCOc1ccccc1CSC(C)C(=O)NCc1ccc(F)cc1. The van der Waals surface area contributed by atoms with Gasteiger partial charge in [-0.05, 0) is 37.6 Å². The van der Waals surface area contributed by atoms with Gasteiger partial charge in [0, 0.05) is 17.9 Å². The normalized spacial score (nSPS) is 11.8. The Kier molecular flexibility index (Phi) is 7.12. The molecule has 1 N–H and O–H groups in total. The van der Waals surface area contributed by atoms with Crippen LogP contribution in [-0.2, 0) is 17.1 Å². The van der Waals surface area contributed by atoms with Crippen LogP contribution in [0.4, 0.5) is 4.39 Å². The predicted molar refractivity (Wildman–Crippen MR) is 96.6 cm³/mol. The minimum Gasteiger partial charge on any atom is -0.494 e. The number of carbonyl (C=O) groups excluding carboxylic acids is 1. The number of carbonyl (C=O) groups is 1. The molecule has 0 aliphatic rings. The Morgan fingerprint density at radius 1 is 1.21 bits per heavy atom. The van der Waals surface area contributed by atoms with Gasteiger partial charge in [0.2, 0.25) is 5.91 Å². The maximum Gasteiger partial charge on any atom is 0.233 e. The number of para-hydroxylation sites is 1. The molecule has 0 saturated heterocycles. The second kappa shape index (κ2) is 9.33. The van der Waals surface area contributed by atoms with Crippen molar-refractivity contribution in [1.82, 2.24) is 5.32 Å². The van der Waals surface area contributed by atoms with Gasteiger partial charge in [-0.1, -0.05) is 30.3 Å². The number of rotatable bonds is 8. The van der Waals surface area contributed by atoms with Crippen LogP contribution >= 0.6 is 11.8 Å². The molecule has 0 aliphatic carbocycles. The van der Waals surface area contributed by atoms with Gasteiger partial charge in [0.15, 0.2) is 0 Å². The summed E-state index contributed by atoms with van der Waals surface area (Å²) < 4.78 is 18.5. The molecule has 0 aromatic heterocycles. The molecule has 1 unspecified atom stereocenters. The van der Waals surface area contributed by atoms with Crippen molar-refractivity contribution in [3.8, 4) is 5.75 Å². The summed E-state index contributed by atoms with van der Waals surface area (Å²) in [5, 5.41) is 2.70. The lowest BCUT2D eigenvalue weighted by atomic mass is 10.2. The summed E-state index contributed by atoms with van der Waals surface area (Å²) in [5.74, 6) is 1.27. The van der Waals surface area contributed by atoms with Crippen LogP contribution in [0.1, 0.15) is 25.0 Å².